The first-order chi connectivity index (χ1) is 17.2. The van der Waals surface area contributed by atoms with E-state index in [1.165, 1.54) is 11.1 Å². The fourth-order valence-electron chi connectivity index (χ4n) is 4.84. The summed E-state index contributed by atoms with van der Waals surface area (Å²) in [5.74, 6) is 1.73. The number of oxazole rings is 1. The van der Waals surface area contributed by atoms with Crippen LogP contribution < -0.4 is 4.74 Å². The van der Waals surface area contributed by atoms with Crippen LogP contribution in [-0.2, 0) is 30.5 Å². The third kappa shape index (κ3) is 5.62. The lowest BCUT2D eigenvalue weighted by atomic mass is 9.98. The van der Waals surface area contributed by atoms with Crippen LogP contribution in [0, 0.1) is 0 Å². The molecule has 1 aliphatic rings. The first kappa shape index (κ1) is 22.9. The maximum atomic E-state index is 11.1. The van der Waals surface area contributed by atoms with Crippen LogP contribution in [0.2, 0.25) is 0 Å². The van der Waals surface area contributed by atoms with Gasteiger partial charge in [0.2, 0.25) is 5.89 Å². The predicted octanol–water partition coefficient (Wildman–Crippen LogP) is 6.25. The Kier molecular flexibility index (Phi) is 6.94. The van der Waals surface area contributed by atoms with E-state index in [4.69, 9.17) is 19.2 Å². The summed E-state index contributed by atoms with van der Waals surface area (Å²) >= 11 is 0. The Bertz CT molecular complexity index is 1280. The minimum Gasteiger partial charge on any atom is -0.493 e. The zero-order chi connectivity index (χ0) is 24.0. The number of aryl methyl sites for hydroxylation is 3. The zero-order valence-electron chi connectivity index (χ0n) is 19.7. The van der Waals surface area contributed by atoms with Crippen molar-refractivity contribution in [2.24, 2.45) is 0 Å². The summed E-state index contributed by atoms with van der Waals surface area (Å²) in [6.45, 7) is 0.496. The van der Waals surface area contributed by atoms with Crippen molar-refractivity contribution in [1.29, 1.82) is 0 Å². The summed E-state index contributed by atoms with van der Waals surface area (Å²) in [6, 6.07) is 26.4. The molecule has 0 spiro atoms. The van der Waals surface area contributed by atoms with Crippen molar-refractivity contribution in [1.82, 2.24) is 4.98 Å². The van der Waals surface area contributed by atoms with E-state index >= 15 is 0 Å². The average Bonchev–Trinajstić information content (AvgIpc) is 3.47. The number of hydrogen-bond acceptors (Lipinski definition) is 4. The third-order valence-corrected chi connectivity index (χ3v) is 6.63. The summed E-state index contributed by atoms with van der Waals surface area (Å²) < 4.78 is 12.3. The van der Waals surface area contributed by atoms with E-state index in [0.29, 0.717) is 18.9 Å². The van der Waals surface area contributed by atoms with E-state index in [1.54, 1.807) is 0 Å². The highest BCUT2D eigenvalue weighted by molar-refractivity contribution is 5.68. The molecule has 5 rings (SSSR count). The second kappa shape index (κ2) is 10.6. The Morgan fingerprint density at radius 3 is 2.51 bits per heavy atom. The molecule has 1 N–H and O–H groups in total. The normalized spacial score (nSPS) is 14.6. The highest BCUT2D eigenvalue weighted by Gasteiger charge is 2.25. The number of carbonyl (C=O) groups is 1. The van der Waals surface area contributed by atoms with Crippen molar-refractivity contribution in [3.8, 4) is 17.2 Å². The largest absolute Gasteiger partial charge is 0.493 e. The number of carboxylic acids is 1. The summed E-state index contributed by atoms with van der Waals surface area (Å²) in [4.78, 5) is 15.9. The van der Waals surface area contributed by atoms with Crippen molar-refractivity contribution in [2.75, 3.05) is 6.61 Å². The van der Waals surface area contributed by atoms with Gasteiger partial charge >= 0.3 is 5.97 Å². The molecule has 0 fully saturated rings. The lowest BCUT2D eigenvalue weighted by Crippen LogP contribution is -2.05. The van der Waals surface area contributed by atoms with Gasteiger partial charge in [-0.2, -0.15) is 0 Å². The van der Waals surface area contributed by atoms with Crippen LogP contribution in [0.25, 0.3) is 11.5 Å². The molecule has 35 heavy (non-hydrogen) atoms. The van der Waals surface area contributed by atoms with Gasteiger partial charge < -0.3 is 14.3 Å². The Morgan fingerprint density at radius 1 is 0.971 bits per heavy atom. The van der Waals surface area contributed by atoms with Crippen LogP contribution in [0.1, 0.15) is 46.9 Å². The fraction of sp³-hybridized carbons (Fsp3) is 0.267. The Morgan fingerprint density at radius 2 is 1.74 bits per heavy atom. The first-order valence-corrected chi connectivity index (χ1v) is 12.2. The minimum absolute atomic E-state index is 0.107. The van der Waals surface area contributed by atoms with E-state index in [0.717, 1.165) is 54.0 Å². The molecular formula is C30H29NO4. The summed E-state index contributed by atoms with van der Waals surface area (Å²) in [5, 5.41) is 9.14. The number of hydrogen-bond donors (Lipinski definition) is 1. The van der Waals surface area contributed by atoms with Crippen molar-refractivity contribution < 1.29 is 19.1 Å². The number of fused-ring (bicyclic) bond motifs is 1. The molecule has 0 radical (unpaired) electrons. The molecule has 3 aromatic carbocycles. The maximum Gasteiger partial charge on any atom is 0.303 e. The molecule has 0 amide bonds. The quantitative estimate of drug-likeness (QED) is 0.298. The molecule has 1 aromatic heterocycles. The van der Waals surface area contributed by atoms with Gasteiger partial charge in [-0.25, -0.2) is 4.98 Å². The molecule has 5 nitrogen and oxygen atoms in total. The second-order valence-electron chi connectivity index (χ2n) is 9.03. The lowest BCUT2D eigenvalue weighted by Gasteiger charge is -2.11. The SMILES string of the molecule is O=C(O)C[C@@H]1CCc2cc(OCCc3nc(-c4ccccc4)oc3CCc3ccccc3)ccc21. The molecule has 0 aliphatic heterocycles. The molecule has 4 aromatic rings. The van der Waals surface area contributed by atoms with Crippen LogP contribution in [0.3, 0.4) is 0 Å². The zero-order valence-corrected chi connectivity index (χ0v) is 19.7. The number of aromatic nitrogens is 1. The van der Waals surface area contributed by atoms with E-state index < -0.39 is 5.97 Å². The molecule has 0 saturated heterocycles. The fourth-order valence-corrected chi connectivity index (χ4v) is 4.84. The summed E-state index contributed by atoms with van der Waals surface area (Å²) in [6.07, 6.45) is 4.30. The van der Waals surface area contributed by atoms with Crippen LogP contribution in [0.4, 0.5) is 0 Å². The van der Waals surface area contributed by atoms with Gasteiger partial charge in [-0.15, -0.1) is 0 Å². The van der Waals surface area contributed by atoms with Crippen LogP contribution in [-0.4, -0.2) is 22.7 Å². The van der Waals surface area contributed by atoms with E-state index in [2.05, 4.69) is 30.3 Å². The van der Waals surface area contributed by atoms with Gasteiger partial charge in [0.1, 0.15) is 11.5 Å². The molecule has 1 atom stereocenters. The molecule has 178 valence electrons. The molecule has 1 aliphatic carbocycles. The highest BCUT2D eigenvalue weighted by atomic mass is 16.5. The van der Waals surface area contributed by atoms with Gasteiger partial charge in [0.05, 0.1) is 18.7 Å². The average molecular weight is 468 g/mol. The second-order valence-corrected chi connectivity index (χ2v) is 9.03. The molecular weight excluding hydrogens is 438 g/mol. The minimum atomic E-state index is -0.742. The van der Waals surface area contributed by atoms with Crippen molar-refractivity contribution in [3.63, 3.8) is 0 Å². The monoisotopic (exact) mass is 467 g/mol. The third-order valence-electron chi connectivity index (χ3n) is 6.63. The standard InChI is InChI=1S/C30H29NO4/c32-29(33)20-24-13-12-23-19-25(14-15-26(23)24)34-18-17-27-28(16-11-21-7-3-1-4-8-21)35-30(31-27)22-9-5-2-6-10-22/h1-10,14-15,19,24H,11-13,16-18,20H2,(H,32,33)/t24-/m0/s1. The lowest BCUT2D eigenvalue weighted by molar-refractivity contribution is -0.137. The van der Waals surface area contributed by atoms with Gasteiger partial charge in [-0.3, -0.25) is 4.79 Å². The maximum absolute atomic E-state index is 11.1. The number of carboxylic acid groups (broad SMARTS) is 1. The molecule has 0 bridgehead atoms. The Hall–Kier alpha value is -3.86. The van der Waals surface area contributed by atoms with Crippen LogP contribution >= 0.6 is 0 Å². The van der Waals surface area contributed by atoms with Gasteiger partial charge in [0.15, 0.2) is 0 Å². The van der Waals surface area contributed by atoms with Crippen molar-refractivity contribution >= 4 is 5.97 Å². The summed E-state index contributed by atoms with van der Waals surface area (Å²) in [5.41, 5.74) is 5.52. The number of nitrogens with zero attached hydrogens (tertiary/aromatic N) is 1. The first-order valence-electron chi connectivity index (χ1n) is 12.2. The molecule has 0 saturated carbocycles. The van der Waals surface area contributed by atoms with E-state index in [-0.39, 0.29) is 12.3 Å². The highest BCUT2D eigenvalue weighted by Crippen LogP contribution is 2.37. The van der Waals surface area contributed by atoms with Crippen molar-refractivity contribution in [3.05, 3.63) is 107 Å². The van der Waals surface area contributed by atoms with Crippen LogP contribution in [0.15, 0.2) is 83.3 Å². The smallest absolute Gasteiger partial charge is 0.303 e. The van der Waals surface area contributed by atoms with E-state index in [9.17, 15) is 4.79 Å². The van der Waals surface area contributed by atoms with Crippen LogP contribution in [0.5, 0.6) is 5.75 Å². The van der Waals surface area contributed by atoms with Crippen molar-refractivity contribution in [2.45, 2.75) is 44.4 Å². The topological polar surface area (TPSA) is 72.6 Å². The Labute approximate surface area is 205 Å². The van der Waals surface area contributed by atoms with Gasteiger partial charge in [-0.1, -0.05) is 54.6 Å². The predicted molar refractivity (Wildman–Crippen MR) is 135 cm³/mol. The molecule has 1 heterocycles. The number of ether oxygens (including phenoxy) is 1. The molecule has 0 unspecified atom stereocenters. The van der Waals surface area contributed by atoms with E-state index in [1.807, 2.05) is 48.5 Å². The summed E-state index contributed by atoms with van der Waals surface area (Å²) in [7, 11) is 0. The number of aliphatic carboxylic acids is 1. The Balaban J connectivity index is 1.27. The van der Waals surface area contributed by atoms with Gasteiger partial charge in [0, 0.05) is 18.4 Å². The number of benzene rings is 3. The van der Waals surface area contributed by atoms with Gasteiger partial charge in [0.25, 0.3) is 0 Å². The number of rotatable bonds is 10. The van der Waals surface area contributed by atoms with Gasteiger partial charge in [-0.05, 0) is 66.1 Å². The molecule has 5 heteroatoms.